The molecule has 0 saturated carbocycles. The molecule has 254 valence electrons. The molecule has 1 heterocycles. The Bertz CT molecular complexity index is 3810. The van der Waals surface area contributed by atoms with E-state index in [1.807, 2.05) is 42.5 Å². The zero-order valence-corrected chi connectivity index (χ0v) is 28.2. The van der Waals surface area contributed by atoms with Crippen molar-refractivity contribution >= 4 is 49.8 Å². The minimum absolute atomic E-state index is 0.0234. The van der Waals surface area contributed by atoms with Crippen molar-refractivity contribution in [3.63, 3.8) is 0 Å². The van der Waals surface area contributed by atoms with E-state index in [9.17, 15) is 11.0 Å². The van der Waals surface area contributed by atoms with E-state index >= 15 is 0 Å². The van der Waals surface area contributed by atoms with E-state index in [0.717, 1.165) is 21.1 Å². The molecule has 10 rings (SSSR count). The van der Waals surface area contributed by atoms with Gasteiger partial charge in [-0.25, -0.2) is 0 Å². The van der Waals surface area contributed by atoms with Crippen LogP contribution in [0.25, 0.3) is 77.2 Å². The largest absolute Gasteiger partial charge is 0.456 e. The number of rotatable bonds is 7. The molecule has 0 bridgehead atoms. The van der Waals surface area contributed by atoms with Crippen molar-refractivity contribution < 1.29 is 27.7 Å². The average molecular weight is 707 g/mol. The monoisotopic (exact) mass is 706 g/mol. The second kappa shape index (κ2) is 13.4. The topological polar surface area (TPSA) is 16.4 Å². The van der Waals surface area contributed by atoms with Gasteiger partial charge in [0, 0.05) is 27.7 Å². The molecule has 2 heteroatoms. The fourth-order valence-corrected chi connectivity index (χ4v) is 6.63. The lowest BCUT2D eigenvalue weighted by molar-refractivity contribution is 0.669. The van der Waals surface area contributed by atoms with Crippen LogP contribution < -0.4 is 4.90 Å². The normalized spacial score (nSPS) is 15.7. The molecule has 0 aliphatic rings. The molecule has 0 unspecified atom stereocenters. The fourth-order valence-electron chi connectivity index (χ4n) is 6.63. The molecular weight excluding hydrogens is 655 g/mol. The molecular formula is C52H35NO. The minimum atomic E-state index is -0.882. The lowest BCUT2D eigenvalue weighted by Gasteiger charge is -2.28. The highest BCUT2D eigenvalue weighted by atomic mass is 16.3. The van der Waals surface area contributed by atoms with E-state index in [4.69, 9.17) is 16.8 Å². The zero-order chi connectivity index (χ0) is 50.6. The van der Waals surface area contributed by atoms with Crippen LogP contribution in [0.3, 0.4) is 0 Å². The van der Waals surface area contributed by atoms with E-state index < -0.39 is 136 Å². The van der Waals surface area contributed by atoms with E-state index in [0.29, 0.717) is 33.2 Å². The van der Waals surface area contributed by atoms with Crippen LogP contribution in [0.1, 0.15) is 23.3 Å². The number of benzene rings is 9. The Morgan fingerprint density at radius 2 is 0.907 bits per heavy atom. The Morgan fingerprint density at radius 3 is 1.57 bits per heavy atom. The van der Waals surface area contributed by atoms with Gasteiger partial charge in [0.1, 0.15) is 11.2 Å². The van der Waals surface area contributed by atoms with Crippen LogP contribution in [-0.2, 0) is 0 Å². The van der Waals surface area contributed by atoms with Crippen LogP contribution in [-0.4, -0.2) is 0 Å². The summed E-state index contributed by atoms with van der Waals surface area (Å²) in [6.45, 7) is 0. The first-order valence-corrected chi connectivity index (χ1v) is 17.0. The number of anilines is 3. The van der Waals surface area contributed by atoms with Gasteiger partial charge in [-0.1, -0.05) is 163 Å². The predicted molar refractivity (Wildman–Crippen MR) is 228 cm³/mol. The average Bonchev–Trinajstić information content (AvgIpc) is 3.74. The number of nitrogens with zero attached hydrogens (tertiary/aromatic N) is 1. The molecule has 1 aromatic heterocycles. The van der Waals surface area contributed by atoms with Crippen LogP contribution in [0.2, 0.25) is 0 Å². The summed E-state index contributed by atoms with van der Waals surface area (Å²) in [4.78, 5) is 1.16. The molecule has 0 aliphatic carbocycles. The van der Waals surface area contributed by atoms with Gasteiger partial charge < -0.3 is 9.32 Å². The first-order valence-electron chi connectivity index (χ1n) is 25.5. The highest BCUT2D eigenvalue weighted by Crippen LogP contribution is 2.45. The second-order valence-corrected chi connectivity index (χ2v) is 12.4. The highest BCUT2D eigenvalue weighted by molar-refractivity contribution is 6.16. The van der Waals surface area contributed by atoms with Crippen LogP contribution in [0, 0.1) is 0 Å². The van der Waals surface area contributed by atoms with E-state index in [2.05, 4.69) is 0 Å². The van der Waals surface area contributed by atoms with Gasteiger partial charge in [-0.2, -0.15) is 0 Å². The van der Waals surface area contributed by atoms with Gasteiger partial charge in [0.25, 0.3) is 0 Å². The fraction of sp³-hybridized carbons (Fsp3) is 0. The Hall–Kier alpha value is -7.16. The Kier molecular flexibility index (Phi) is 4.61. The van der Waals surface area contributed by atoms with Crippen LogP contribution >= 0.6 is 0 Å². The summed E-state index contributed by atoms with van der Waals surface area (Å²) in [5.41, 5.74) is -0.982. The molecule has 0 spiro atoms. The Balaban J connectivity index is 1.27. The zero-order valence-electron chi connectivity index (χ0n) is 45.2. The maximum atomic E-state index is 9.70. The molecule has 0 atom stereocenters. The summed E-state index contributed by atoms with van der Waals surface area (Å²) < 4.78 is 160. The third-order valence-corrected chi connectivity index (χ3v) is 9.16. The van der Waals surface area contributed by atoms with Crippen LogP contribution in [0.5, 0.6) is 0 Å². The lowest BCUT2D eigenvalue weighted by Crippen LogP contribution is -2.11. The van der Waals surface area contributed by atoms with Crippen LogP contribution in [0.15, 0.2) is 216 Å². The van der Waals surface area contributed by atoms with Gasteiger partial charge in [-0.3, -0.25) is 0 Å². The quantitative estimate of drug-likeness (QED) is 0.164. The first kappa shape index (κ1) is 18.6. The molecule has 10 aromatic rings. The number of hydrogen-bond donors (Lipinski definition) is 0. The summed E-state index contributed by atoms with van der Waals surface area (Å²) in [6, 6.07) is 19.4. The van der Waals surface area contributed by atoms with Crippen molar-refractivity contribution in [1.29, 1.82) is 0 Å². The van der Waals surface area contributed by atoms with Gasteiger partial charge in [-0.15, -0.1) is 0 Å². The number of furan rings is 1. The lowest BCUT2D eigenvalue weighted by atomic mass is 9.96. The van der Waals surface area contributed by atoms with Gasteiger partial charge in [-0.05, 0) is 98.2 Å². The number of fused-ring (bicyclic) bond motifs is 4. The molecule has 0 aliphatic heterocycles. The van der Waals surface area contributed by atoms with Gasteiger partial charge >= 0.3 is 0 Å². The smallest absolute Gasteiger partial charge is 0.136 e. The molecule has 0 saturated heterocycles. The molecule has 0 N–H and O–H groups in total. The van der Waals surface area contributed by atoms with Crippen molar-refractivity contribution in [3.8, 4) is 44.5 Å². The van der Waals surface area contributed by atoms with E-state index in [1.165, 1.54) is 0 Å². The van der Waals surface area contributed by atoms with Crippen molar-refractivity contribution in [2.75, 3.05) is 4.90 Å². The molecule has 2 nitrogen and oxygen atoms in total. The predicted octanol–water partition coefficient (Wildman–Crippen LogP) is 14.9. The molecule has 0 radical (unpaired) electrons. The molecule has 54 heavy (non-hydrogen) atoms. The third-order valence-electron chi connectivity index (χ3n) is 9.16. The Labute approximate surface area is 338 Å². The minimum Gasteiger partial charge on any atom is -0.456 e. The summed E-state index contributed by atoms with van der Waals surface area (Å²) in [6.07, 6.45) is 0. The second-order valence-electron chi connectivity index (χ2n) is 12.4. The number of hydrogen-bond acceptors (Lipinski definition) is 2. The summed E-state index contributed by atoms with van der Waals surface area (Å²) in [5, 5.41) is 3.30. The summed E-state index contributed by atoms with van der Waals surface area (Å²) >= 11 is 0. The standard InChI is InChI=1S/C52H35NO/c1-3-12-36(13-4-1)38-22-24-39(25-23-38)41-28-32-45(33-29-41)53(44-30-26-40(27-31-44)37-14-5-2-6-15-37)49-20-10-9-18-46(49)47-19-11-21-50-52(47)48-34-42-16-7-8-17-43(42)35-51(48)54-50/h1-35H/i1D,3D,4D,12D,13D,22D,23D,24D,25D,26D,27D,28D,29D,30D,31D,32D,33D. The molecule has 9 aromatic carbocycles. The molecule has 0 amide bonds. The number of para-hydroxylation sites is 1. The van der Waals surface area contributed by atoms with Gasteiger partial charge in [0.15, 0.2) is 0 Å². The van der Waals surface area contributed by atoms with Crippen molar-refractivity contribution in [3.05, 3.63) is 212 Å². The highest BCUT2D eigenvalue weighted by Gasteiger charge is 2.21. The summed E-state index contributed by atoms with van der Waals surface area (Å²) in [7, 11) is 0. The van der Waals surface area contributed by atoms with Crippen molar-refractivity contribution in [2.45, 2.75) is 0 Å². The molecule has 0 fully saturated rings. The van der Waals surface area contributed by atoms with E-state index in [-0.39, 0.29) is 11.3 Å². The van der Waals surface area contributed by atoms with Crippen molar-refractivity contribution in [1.82, 2.24) is 0 Å². The van der Waals surface area contributed by atoms with E-state index in [1.54, 1.807) is 66.7 Å². The Morgan fingerprint density at radius 1 is 0.389 bits per heavy atom. The summed E-state index contributed by atoms with van der Waals surface area (Å²) in [5.74, 6) is 0. The SMILES string of the molecule is [2H]c1c([2H])c([2H])c(-c2c([2H])c([2H])c(-c3c([2H])c([2H])c(N(c4ccccc4-c4cccc5oc6cc7ccccc7cc6c45)c4c([2H])c([2H])c(-c5ccccc5)c([2H])c4[2H])c([2H])c3[2H])c([2H])c2[2H])c([2H])c1[2H]. The van der Waals surface area contributed by atoms with Crippen LogP contribution in [0.4, 0.5) is 17.1 Å². The van der Waals surface area contributed by atoms with Gasteiger partial charge in [0.05, 0.1) is 29.0 Å². The maximum Gasteiger partial charge on any atom is 0.136 e. The maximum absolute atomic E-state index is 9.70. The van der Waals surface area contributed by atoms with Gasteiger partial charge in [0.2, 0.25) is 0 Å². The van der Waals surface area contributed by atoms with Crippen molar-refractivity contribution in [2.24, 2.45) is 0 Å². The first-order chi connectivity index (χ1) is 33.9. The third kappa shape index (κ3) is 5.71.